The number of carbonyl (C=O) groups is 1. The molecule has 1 rings (SSSR count). The first-order valence-corrected chi connectivity index (χ1v) is 5.55. The minimum absolute atomic E-state index is 0.222. The normalized spacial score (nSPS) is 11.1. The van der Waals surface area contributed by atoms with Crippen molar-refractivity contribution in [3.8, 4) is 0 Å². The number of benzene rings is 1. The van der Waals surface area contributed by atoms with Gasteiger partial charge in [0.05, 0.1) is 11.8 Å². The standard InChI is InChI=1S/C13H18N2O2/c1-10-5-7-11(8-6-10)9-15(14-17)12(16)13(2,3)4/h5-8H,9H2,1-4H3. The van der Waals surface area contributed by atoms with Gasteiger partial charge in [-0.2, -0.15) is 5.01 Å². The van der Waals surface area contributed by atoms with E-state index in [0.29, 0.717) is 0 Å². The van der Waals surface area contributed by atoms with E-state index >= 15 is 0 Å². The number of hydrogen-bond acceptors (Lipinski definition) is 3. The molecule has 92 valence electrons. The van der Waals surface area contributed by atoms with Gasteiger partial charge < -0.3 is 0 Å². The van der Waals surface area contributed by atoms with Crippen LogP contribution in [0.25, 0.3) is 0 Å². The lowest BCUT2D eigenvalue weighted by atomic mass is 9.95. The van der Waals surface area contributed by atoms with Gasteiger partial charge in [0.2, 0.25) is 0 Å². The third-order valence-corrected chi connectivity index (χ3v) is 2.43. The Hall–Kier alpha value is -1.71. The lowest BCUT2D eigenvalue weighted by Crippen LogP contribution is -2.35. The van der Waals surface area contributed by atoms with E-state index in [1.165, 1.54) is 0 Å². The van der Waals surface area contributed by atoms with Gasteiger partial charge in [0.25, 0.3) is 5.91 Å². The highest BCUT2D eigenvalue weighted by molar-refractivity contribution is 5.81. The summed E-state index contributed by atoms with van der Waals surface area (Å²) in [5, 5.41) is 3.78. The van der Waals surface area contributed by atoms with Crippen molar-refractivity contribution in [3.63, 3.8) is 0 Å². The van der Waals surface area contributed by atoms with Crippen molar-refractivity contribution in [1.82, 2.24) is 5.01 Å². The van der Waals surface area contributed by atoms with Crippen LogP contribution in [-0.4, -0.2) is 10.9 Å². The van der Waals surface area contributed by atoms with Crippen molar-refractivity contribution in [2.24, 2.45) is 10.7 Å². The van der Waals surface area contributed by atoms with Crippen molar-refractivity contribution >= 4 is 5.91 Å². The Morgan fingerprint density at radius 1 is 1.24 bits per heavy atom. The van der Waals surface area contributed by atoms with E-state index < -0.39 is 5.41 Å². The molecule has 0 radical (unpaired) electrons. The molecule has 0 aliphatic heterocycles. The van der Waals surface area contributed by atoms with Gasteiger partial charge in [-0.25, -0.2) is 0 Å². The molecule has 0 bridgehead atoms. The van der Waals surface area contributed by atoms with Crippen LogP contribution in [0.3, 0.4) is 0 Å². The molecule has 17 heavy (non-hydrogen) atoms. The zero-order valence-electron chi connectivity index (χ0n) is 10.7. The Morgan fingerprint density at radius 2 is 1.76 bits per heavy atom. The Balaban J connectivity index is 2.81. The van der Waals surface area contributed by atoms with Gasteiger partial charge >= 0.3 is 0 Å². The second-order valence-electron chi connectivity index (χ2n) is 5.18. The van der Waals surface area contributed by atoms with E-state index in [1.54, 1.807) is 20.8 Å². The Morgan fingerprint density at radius 3 is 2.18 bits per heavy atom. The third kappa shape index (κ3) is 3.66. The first-order chi connectivity index (χ1) is 7.84. The molecule has 0 fully saturated rings. The number of nitrogens with zero attached hydrogens (tertiary/aromatic N) is 2. The van der Waals surface area contributed by atoms with Crippen molar-refractivity contribution in [2.75, 3.05) is 0 Å². The highest BCUT2D eigenvalue weighted by atomic mass is 16.3. The lowest BCUT2D eigenvalue weighted by Gasteiger charge is -2.22. The van der Waals surface area contributed by atoms with E-state index in [1.807, 2.05) is 31.2 Å². The third-order valence-electron chi connectivity index (χ3n) is 2.43. The molecule has 1 amide bonds. The molecule has 0 aliphatic carbocycles. The first kappa shape index (κ1) is 13.4. The van der Waals surface area contributed by atoms with Crippen molar-refractivity contribution in [2.45, 2.75) is 34.2 Å². The molecule has 0 aromatic heterocycles. The van der Waals surface area contributed by atoms with E-state index in [-0.39, 0.29) is 12.5 Å². The fourth-order valence-corrected chi connectivity index (χ4v) is 1.39. The van der Waals surface area contributed by atoms with E-state index in [9.17, 15) is 9.70 Å². The zero-order chi connectivity index (χ0) is 13.1. The van der Waals surface area contributed by atoms with Crippen LogP contribution in [0.1, 0.15) is 31.9 Å². The Labute approximate surface area is 102 Å². The Bertz CT molecular complexity index is 404. The largest absolute Gasteiger partial charge is 0.272 e. The van der Waals surface area contributed by atoms with Crippen molar-refractivity contribution in [1.29, 1.82) is 0 Å². The molecule has 1 aromatic carbocycles. The molecule has 4 heteroatoms. The average Bonchev–Trinajstić information content (AvgIpc) is 2.26. The quantitative estimate of drug-likeness (QED) is 0.596. The van der Waals surface area contributed by atoms with Crippen LogP contribution in [0.2, 0.25) is 0 Å². The summed E-state index contributed by atoms with van der Waals surface area (Å²) < 4.78 is 0. The summed E-state index contributed by atoms with van der Waals surface area (Å²) in [4.78, 5) is 22.6. The van der Waals surface area contributed by atoms with Crippen LogP contribution in [0.4, 0.5) is 0 Å². The van der Waals surface area contributed by atoms with Gasteiger partial charge in [-0.05, 0) is 12.5 Å². The highest BCUT2D eigenvalue weighted by Gasteiger charge is 2.28. The molecule has 0 saturated heterocycles. The molecular formula is C13H18N2O2. The monoisotopic (exact) mass is 234 g/mol. The maximum atomic E-state index is 11.9. The molecule has 1 aromatic rings. The number of hydrogen-bond donors (Lipinski definition) is 0. The lowest BCUT2D eigenvalue weighted by molar-refractivity contribution is -0.140. The van der Waals surface area contributed by atoms with Crippen LogP contribution in [0, 0.1) is 17.2 Å². The summed E-state index contributed by atoms with van der Waals surface area (Å²) in [6.45, 7) is 7.51. The molecule has 0 saturated carbocycles. The fourth-order valence-electron chi connectivity index (χ4n) is 1.39. The number of aryl methyl sites for hydroxylation is 1. The van der Waals surface area contributed by atoms with Gasteiger partial charge in [-0.15, -0.1) is 4.91 Å². The highest BCUT2D eigenvalue weighted by Crippen LogP contribution is 2.19. The predicted octanol–water partition coefficient (Wildman–Crippen LogP) is 3.05. The van der Waals surface area contributed by atoms with E-state index in [2.05, 4.69) is 5.29 Å². The average molecular weight is 234 g/mol. The van der Waals surface area contributed by atoms with Crippen LogP contribution in [0.5, 0.6) is 0 Å². The maximum Gasteiger partial charge on any atom is 0.250 e. The minimum Gasteiger partial charge on any atom is -0.272 e. The molecular weight excluding hydrogens is 216 g/mol. The van der Waals surface area contributed by atoms with Crippen LogP contribution >= 0.6 is 0 Å². The number of carbonyl (C=O) groups excluding carboxylic acids is 1. The van der Waals surface area contributed by atoms with E-state index in [4.69, 9.17) is 0 Å². The molecule has 4 nitrogen and oxygen atoms in total. The summed E-state index contributed by atoms with van der Waals surface area (Å²) in [5.41, 5.74) is 1.44. The van der Waals surface area contributed by atoms with Gasteiger partial charge in [-0.3, -0.25) is 4.79 Å². The second-order valence-corrected chi connectivity index (χ2v) is 5.18. The van der Waals surface area contributed by atoms with Gasteiger partial charge in [0.1, 0.15) is 0 Å². The van der Waals surface area contributed by atoms with Crippen LogP contribution in [-0.2, 0) is 11.3 Å². The number of amides is 1. The summed E-state index contributed by atoms with van der Waals surface area (Å²) in [5.74, 6) is -0.270. The Kier molecular flexibility index (Phi) is 3.99. The van der Waals surface area contributed by atoms with Crippen molar-refractivity contribution in [3.05, 3.63) is 40.3 Å². The first-order valence-electron chi connectivity index (χ1n) is 5.55. The molecule has 0 spiro atoms. The predicted molar refractivity (Wildman–Crippen MR) is 67.0 cm³/mol. The number of rotatable bonds is 3. The molecule has 0 unspecified atom stereocenters. The van der Waals surface area contributed by atoms with Gasteiger partial charge in [0.15, 0.2) is 0 Å². The summed E-state index contributed by atoms with van der Waals surface area (Å²) in [6, 6.07) is 7.67. The SMILES string of the molecule is Cc1ccc(CN(N=O)C(=O)C(C)(C)C)cc1. The van der Waals surface area contributed by atoms with Crippen molar-refractivity contribution < 1.29 is 4.79 Å². The summed E-state index contributed by atoms with van der Waals surface area (Å²) in [7, 11) is 0. The smallest absolute Gasteiger partial charge is 0.250 e. The van der Waals surface area contributed by atoms with Crippen LogP contribution < -0.4 is 0 Å². The van der Waals surface area contributed by atoms with Gasteiger partial charge in [-0.1, -0.05) is 50.6 Å². The minimum atomic E-state index is -0.599. The summed E-state index contributed by atoms with van der Waals surface area (Å²) in [6.07, 6.45) is 0. The fraction of sp³-hybridized carbons (Fsp3) is 0.462. The number of nitroso groups, excluding NO2 is 1. The molecule has 0 aliphatic rings. The zero-order valence-corrected chi connectivity index (χ0v) is 10.7. The summed E-state index contributed by atoms with van der Waals surface area (Å²) >= 11 is 0. The maximum absolute atomic E-state index is 11.9. The topological polar surface area (TPSA) is 49.7 Å². The molecule has 0 N–H and O–H groups in total. The van der Waals surface area contributed by atoms with Crippen LogP contribution in [0.15, 0.2) is 29.6 Å². The van der Waals surface area contributed by atoms with Gasteiger partial charge in [0, 0.05) is 5.41 Å². The van der Waals surface area contributed by atoms with E-state index in [0.717, 1.165) is 16.1 Å². The molecule has 0 atom stereocenters. The molecule has 0 heterocycles. The second kappa shape index (κ2) is 5.08.